The predicted octanol–water partition coefficient (Wildman–Crippen LogP) is 3.10. The molecule has 3 aromatic rings. The molecule has 1 unspecified atom stereocenters. The molecular formula is C23H14F4N4O6. The summed E-state index contributed by atoms with van der Waals surface area (Å²) >= 11 is 0. The van der Waals surface area contributed by atoms with Gasteiger partial charge in [0, 0.05) is 19.2 Å². The topological polar surface area (TPSA) is 147 Å². The quantitative estimate of drug-likeness (QED) is 0.470. The highest BCUT2D eigenvalue weighted by atomic mass is 19.4. The first-order chi connectivity index (χ1) is 17.4. The third-order valence-electron chi connectivity index (χ3n) is 4.91. The minimum Gasteiger partial charge on any atom is -0.478 e. The van der Waals surface area contributed by atoms with Crippen molar-refractivity contribution in [1.29, 1.82) is 10.5 Å². The van der Waals surface area contributed by atoms with Crippen LogP contribution in [0.1, 0.15) is 17.7 Å². The molecule has 0 saturated heterocycles. The smallest absolute Gasteiger partial charge is 0.431 e. The van der Waals surface area contributed by atoms with Crippen molar-refractivity contribution in [2.75, 3.05) is 0 Å². The molecule has 0 amide bonds. The van der Waals surface area contributed by atoms with E-state index in [2.05, 4.69) is 0 Å². The number of aromatic nitrogens is 2. The lowest BCUT2D eigenvalue weighted by molar-refractivity contribution is -0.145. The van der Waals surface area contributed by atoms with Gasteiger partial charge in [0.25, 0.3) is 5.56 Å². The largest absolute Gasteiger partial charge is 0.478 e. The molecule has 0 bridgehead atoms. The minimum atomic E-state index is -5.04. The second-order valence-electron chi connectivity index (χ2n) is 7.31. The number of hydrogen-bond acceptors (Lipinski definition) is 7. The third kappa shape index (κ3) is 5.43. The highest BCUT2D eigenvalue weighted by Gasteiger charge is 2.35. The van der Waals surface area contributed by atoms with E-state index in [9.17, 15) is 42.3 Å². The number of rotatable bonds is 7. The van der Waals surface area contributed by atoms with Gasteiger partial charge in [-0.3, -0.25) is 9.36 Å². The Bertz CT molecular complexity index is 1580. The zero-order valence-electron chi connectivity index (χ0n) is 18.6. The third-order valence-corrected chi connectivity index (χ3v) is 4.91. The van der Waals surface area contributed by atoms with Crippen LogP contribution >= 0.6 is 0 Å². The van der Waals surface area contributed by atoms with Gasteiger partial charge in [0.2, 0.25) is 6.10 Å². The number of nitrogens with zero attached hydrogens (tertiary/aromatic N) is 4. The minimum absolute atomic E-state index is 0.115. The highest BCUT2D eigenvalue weighted by molar-refractivity contribution is 5.73. The summed E-state index contributed by atoms with van der Waals surface area (Å²) in [5.41, 5.74) is -5.80. The van der Waals surface area contributed by atoms with Gasteiger partial charge in [-0.2, -0.15) is 23.7 Å². The number of halogens is 4. The number of hydrogen-bond donors (Lipinski definition) is 1. The van der Waals surface area contributed by atoms with E-state index >= 15 is 0 Å². The number of benzene rings is 2. The molecule has 1 aromatic heterocycles. The van der Waals surface area contributed by atoms with Gasteiger partial charge >= 0.3 is 17.8 Å². The van der Waals surface area contributed by atoms with Gasteiger partial charge in [0.1, 0.15) is 23.3 Å². The van der Waals surface area contributed by atoms with Gasteiger partial charge in [0.05, 0.1) is 23.7 Å². The monoisotopic (exact) mass is 518 g/mol. The molecule has 190 valence electrons. The van der Waals surface area contributed by atoms with Crippen LogP contribution in [0, 0.1) is 28.5 Å². The van der Waals surface area contributed by atoms with Crippen molar-refractivity contribution in [2.45, 2.75) is 18.7 Å². The fraction of sp³-hybridized carbons (Fsp3) is 0.174. The molecule has 37 heavy (non-hydrogen) atoms. The Balaban J connectivity index is 2.15. The Morgan fingerprint density at radius 3 is 2.32 bits per heavy atom. The molecule has 2 aromatic carbocycles. The van der Waals surface area contributed by atoms with Crippen LogP contribution < -0.4 is 20.7 Å². The number of ether oxygens (including phenoxy) is 2. The SMILES string of the molecule is Cn1c(C(F)(F)F)cc(=O)n(-c2cc(Oc3ccccc3OC(CC#N)C(=O)O)c(C#N)cc2F)c1=O. The lowest BCUT2D eigenvalue weighted by Crippen LogP contribution is -2.41. The van der Waals surface area contributed by atoms with E-state index in [1.54, 1.807) is 12.1 Å². The number of carboxylic acid groups (broad SMARTS) is 1. The molecule has 0 fully saturated rings. The van der Waals surface area contributed by atoms with E-state index in [0.29, 0.717) is 6.07 Å². The summed E-state index contributed by atoms with van der Waals surface area (Å²) in [6, 6.07) is 10.2. The van der Waals surface area contributed by atoms with E-state index in [1.165, 1.54) is 24.3 Å². The Morgan fingerprint density at radius 2 is 1.76 bits per heavy atom. The molecule has 0 aliphatic heterocycles. The van der Waals surface area contributed by atoms with Crippen LogP contribution in [-0.2, 0) is 18.0 Å². The summed E-state index contributed by atoms with van der Waals surface area (Å²) in [4.78, 5) is 36.3. The van der Waals surface area contributed by atoms with Crippen molar-refractivity contribution in [3.8, 4) is 35.1 Å². The first kappa shape index (κ1) is 26.5. The Morgan fingerprint density at radius 1 is 1.11 bits per heavy atom. The maximum Gasteiger partial charge on any atom is 0.431 e. The molecule has 0 spiro atoms. The number of para-hydroxylation sites is 2. The van der Waals surface area contributed by atoms with Gasteiger partial charge in [-0.25, -0.2) is 18.5 Å². The number of aliphatic carboxylic acids is 1. The second kappa shape index (κ2) is 10.2. The van der Waals surface area contributed by atoms with Crippen LogP contribution in [0.25, 0.3) is 5.69 Å². The lowest BCUT2D eigenvalue weighted by Gasteiger charge is -2.17. The van der Waals surface area contributed by atoms with Crippen LogP contribution in [0.3, 0.4) is 0 Å². The molecule has 0 aliphatic carbocycles. The second-order valence-corrected chi connectivity index (χ2v) is 7.31. The van der Waals surface area contributed by atoms with Crippen molar-refractivity contribution in [3.05, 3.63) is 80.4 Å². The van der Waals surface area contributed by atoms with Gasteiger partial charge in [-0.05, 0) is 18.2 Å². The van der Waals surface area contributed by atoms with Gasteiger partial charge in [-0.15, -0.1) is 0 Å². The highest BCUT2D eigenvalue weighted by Crippen LogP contribution is 2.35. The van der Waals surface area contributed by atoms with E-state index in [-0.39, 0.29) is 26.7 Å². The summed E-state index contributed by atoms with van der Waals surface area (Å²) in [6.07, 6.45) is -7.14. The lowest BCUT2D eigenvalue weighted by atomic mass is 10.1. The maximum absolute atomic E-state index is 14.8. The molecule has 14 heteroatoms. The number of nitriles is 2. The van der Waals surface area contributed by atoms with Crippen molar-refractivity contribution < 1.29 is 36.9 Å². The average Bonchev–Trinajstić information content (AvgIpc) is 2.83. The fourth-order valence-corrected chi connectivity index (χ4v) is 3.17. The standard InChI is InChI=1S/C23H14F4N4O6/c1-30-19(23(25,26)27)10-20(32)31(22(30)35)14-9-18(12(11-29)8-13(14)24)37-16-5-3-2-4-15(16)36-17(6-7-28)21(33)34/h2-5,8-10,17H,6H2,1H3,(H,33,34). The summed E-state index contributed by atoms with van der Waals surface area (Å²) < 4.78 is 65.4. The van der Waals surface area contributed by atoms with Crippen molar-refractivity contribution >= 4 is 5.97 Å². The van der Waals surface area contributed by atoms with Crippen molar-refractivity contribution in [2.24, 2.45) is 7.05 Å². The Hall–Kier alpha value is -5.11. The van der Waals surface area contributed by atoms with Crippen molar-refractivity contribution in [1.82, 2.24) is 9.13 Å². The number of carboxylic acids is 1. The zero-order chi connectivity index (χ0) is 27.5. The molecule has 1 atom stereocenters. The molecule has 1 N–H and O–H groups in total. The summed E-state index contributed by atoms with van der Waals surface area (Å²) in [7, 11) is 0.744. The fourth-order valence-electron chi connectivity index (χ4n) is 3.17. The molecule has 0 aliphatic rings. The van der Waals surface area contributed by atoms with Gasteiger partial charge in [0.15, 0.2) is 11.5 Å². The van der Waals surface area contributed by atoms with Crippen LogP contribution in [0.5, 0.6) is 17.2 Å². The first-order valence-electron chi connectivity index (χ1n) is 10.1. The molecule has 0 radical (unpaired) electrons. The van der Waals surface area contributed by atoms with Crippen LogP contribution in [-0.4, -0.2) is 26.3 Å². The van der Waals surface area contributed by atoms with Gasteiger partial charge in [-0.1, -0.05) is 12.1 Å². The normalized spacial score (nSPS) is 11.8. The van der Waals surface area contributed by atoms with Crippen LogP contribution in [0.2, 0.25) is 0 Å². The molecule has 1 heterocycles. The molecular weight excluding hydrogens is 504 g/mol. The average molecular weight is 518 g/mol. The van der Waals surface area contributed by atoms with E-state index in [4.69, 9.17) is 14.7 Å². The van der Waals surface area contributed by atoms with Gasteiger partial charge < -0.3 is 14.6 Å². The summed E-state index contributed by atoms with van der Waals surface area (Å²) in [5, 5.41) is 27.5. The van der Waals surface area contributed by atoms with Crippen LogP contribution in [0.4, 0.5) is 17.6 Å². The number of alkyl halides is 3. The Labute approximate surface area is 204 Å². The maximum atomic E-state index is 14.8. The number of carbonyl (C=O) groups is 1. The zero-order valence-corrected chi connectivity index (χ0v) is 18.6. The first-order valence-corrected chi connectivity index (χ1v) is 10.1. The Kier molecular flexibility index (Phi) is 7.34. The van der Waals surface area contributed by atoms with E-state index < -0.39 is 64.4 Å². The summed E-state index contributed by atoms with van der Waals surface area (Å²) in [6.45, 7) is 0. The van der Waals surface area contributed by atoms with E-state index in [0.717, 1.165) is 13.1 Å². The summed E-state index contributed by atoms with van der Waals surface area (Å²) in [5.74, 6) is -3.53. The van der Waals surface area contributed by atoms with Crippen molar-refractivity contribution in [3.63, 3.8) is 0 Å². The molecule has 10 nitrogen and oxygen atoms in total. The predicted molar refractivity (Wildman–Crippen MR) is 116 cm³/mol. The van der Waals surface area contributed by atoms with Crippen LogP contribution in [0.15, 0.2) is 52.1 Å². The van der Waals surface area contributed by atoms with E-state index in [1.807, 2.05) is 0 Å². The molecule has 0 saturated carbocycles. The molecule has 3 rings (SSSR count).